The van der Waals surface area contributed by atoms with Gasteiger partial charge in [-0.3, -0.25) is 4.90 Å². The van der Waals surface area contributed by atoms with Crippen LogP contribution < -0.4 is 5.32 Å². The lowest BCUT2D eigenvalue weighted by Gasteiger charge is -2.32. The van der Waals surface area contributed by atoms with E-state index in [4.69, 9.17) is 4.74 Å². The second kappa shape index (κ2) is 5.83. The van der Waals surface area contributed by atoms with Crippen LogP contribution in [-0.2, 0) is 11.3 Å². The second-order valence-corrected chi connectivity index (χ2v) is 5.38. The van der Waals surface area contributed by atoms with Gasteiger partial charge in [0.05, 0.1) is 12.2 Å². The van der Waals surface area contributed by atoms with Crippen molar-refractivity contribution < 1.29 is 4.74 Å². The van der Waals surface area contributed by atoms with Crippen LogP contribution in [0.1, 0.15) is 18.4 Å². The minimum atomic E-state index is 0.512. The maximum atomic E-state index is 5.84. The third-order valence-corrected chi connectivity index (χ3v) is 3.90. The molecule has 2 unspecified atom stereocenters. The molecule has 18 heavy (non-hydrogen) atoms. The molecule has 3 rings (SSSR count). The minimum Gasteiger partial charge on any atom is -0.372 e. The summed E-state index contributed by atoms with van der Waals surface area (Å²) in [6, 6.07) is 10.6. The molecule has 2 fully saturated rings. The molecule has 1 aromatic rings. The molecule has 2 heterocycles. The van der Waals surface area contributed by atoms with E-state index in [0.29, 0.717) is 12.2 Å². The number of hydrogen-bond donors (Lipinski definition) is 1. The van der Waals surface area contributed by atoms with E-state index < -0.39 is 0 Å². The monoisotopic (exact) mass is 246 g/mol. The first-order chi connectivity index (χ1) is 8.90. The molecule has 0 saturated carbocycles. The molecule has 0 radical (unpaired) electrons. The Morgan fingerprint density at radius 1 is 1.11 bits per heavy atom. The molecular formula is C15H22N2O. The number of ether oxygens (including phenoxy) is 1. The van der Waals surface area contributed by atoms with E-state index in [0.717, 1.165) is 32.7 Å². The summed E-state index contributed by atoms with van der Waals surface area (Å²) in [6.45, 7) is 5.43. The Kier molecular flexibility index (Phi) is 3.93. The molecule has 2 bridgehead atoms. The van der Waals surface area contributed by atoms with Crippen LogP contribution in [0.3, 0.4) is 0 Å². The van der Waals surface area contributed by atoms with Gasteiger partial charge in [-0.25, -0.2) is 0 Å². The molecular weight excluding hydrogens is 224 g/mol. The summed E-state index contributed by atoms with van der Waals surface area (Å²) in [5, 5.41) is 3.52. The SMILES string of the molecule is c1ccc(CNCCN2CC3CCC(C2)O3)cc1. The average molecular weight is 246 g/mol. The summed E-state index contributed by atoms with van der Waals surface area (Å²) in [4.78, 5) is 2.55. The van der Waals surface area contributed by atoms with Crippen molar-refractivity contribution in [1.29, 1.82) is 0 Å². The maximum absolute atomic E-state index is 5.84. The van der Waals surface area contributed by atoms with Crippen LogP contribution in [0.5, 0.6) is 0 Å². The molecule has 0 aromatic heterocycles. The Labute approximate surface area is 109 Å². The standard InChI is InChI=1S/C15H22N2O/c1-2-4-13(5-3-1)10-16-8-9-17-11-14-6-7-15(12-17)18-14/h1-5,14-16H,6-12H2. The first-order valence-electron chi connectivity index (χ1n) is 7.02. The molecule has 0 spiro atoms. The molecule has 3 heteroatoms. The Hall–Kier alpha value is -0.900. The van der Waals surface area contributed by atoms with Crippen molar-refractivity contribution in [3.63, 3.8) is 0 Å². The lowest BCUT2D eigenvalue weighted by Crippen LogP contribution is -2.45. The second-order valence-electron chi connectivity index (χ2n) is 5.38. The fourth-order valence-corrected chi connectivity index (χ4v) is 2.95. The van der Waals surface area contributed by atoms with Crippen LogP contribution in [0, 0.1) is 0 Å². The fourth-order valence-electron chi connectivity index (χ4n) is 2.95. The van der Waals surface area contributed by atoms with E-state index in [1.807, 2.05) is 0 Å². The van der Waals surface area contributed by atoms with Gasteiger partial charge < -0.3 is 10.1 Å². The Morgan fingerprint density at radius 2 is 1.83 bits per heavy atom. The third-order valence-electron chi connectivity index (χ3n) is 3.90. The Bertz CT molecular complexity index is 356. The van der Waals surface area contributed by atoms with Gasteiger partial charge in [0.15, 0.2) is 0 Å². The molecule has 0 aliphatic carbocycles. The van der Waals surface area contributed by atoms with Gasteiger partial charge in [-0.1, -0.05) is 30.3 Å². The number of hydrogen-bond acceptors (Lipinski definition) is 3. The lowest BCUT2D eigenvalue weighted by molar-refractivity contribution is -0.0376. The van der Waals surface area contributed by atoms with Crippen LogP contribution in [0.2, 0.25) is 0 Å². The topological polar surface area (TPSA) is 24.5 Å². The average Bonchev–Trinajstić information content (AvgIpc) is 2.75. The highest BCUT2D eigenvalue weighted by Crippen LogP contribution is 2.25. The van der Waals surface area contributed by atoms with Crippen molar-refractivity contribution in [2.45, 2.75) is 31.6 Å². The van der Waals surface area contributed by atoms with Crippen molar-refractivity contribution in [3.8, 4) is 0 Å². The van der Waals surface area contributed by atoms with Gasteiger partial charge in [0.25, 0.3) is 0 Å². The fraction of sp³-hybridized carbons (Fsp3) is 0.600. The molecule has 0 amide bonds. The highest BCUT2D eigenvalue weighted by molar-refractivity contribution is 5.14. The van der Waals surface area contributed by atoms with Crippen molar-refractivity contribution in [2.75, 3.05) is 26.2 Å². The molecule has 3 nitrogen and oxygen atoms in total. The van der Waals surface area contributed by atoms with Gasteiger partial charge in [0, 0.05) is 32.7 Å². The quantitative estimate of drug-likeness (QED) is 0.799. The molecule has 2 aliphatic heterocycles. The van der Waals surface area contributed by atoms with E-state index in [1.54, 1.807) is 0 Å². The van der Waals surface area contributed by atoms with Crippen LogP contribution in [0.25, 0.3) is 0 Å². The van der Waals surface area contributed by atoms with Crippen molar-refractivity contribution in [3.05, 3.63) is 35.9 Å². The molecule has 1 N–H and O–H groups in total. The first kappa shape index (κ1) is 12.2. The van der Waals surface area contributed by atoms with Gasteiger partial charge in [0.1, 0.15) is 0 Å². The van der Waals surface area contributed by atoms with Crippen LogP contribution in [0.15, 0.2) is 30.3 Å². The zero-order valence-corrected chi connectivity index (χ0v) is 10.8. The minimum absolute atomic E-state index is 0.512. The highest BCUT2D eigenvalue weighted by Gasteiger charge is 2.33. The van der Waals surface area contributed by atoms with Crippen LogP contribution >= 0.6 is 0 Å². The normalized spacial score (nSPS) is 27.6. The number of benzene rings is 1. The van der Waals surface area contributed by atoms with Gasteiger partial charge in [-0.15, -0.1) is 0 Å². The third kappa shape index (κ3) is 3.10. The van der Waals surface area contributed by atoms with Gasteiger partial charge in [-0.05, 0) is 18.4 Å². The van der Waals surface area contributed by atoms with Crippen LogP contribution in [-0.4, -0.2) is 43.3 Å². The molecule has 2 atom stereocenters. The summed E-state index contributed by atoms with van der Waals surface area (Å²) in [5.41, 5.74) is 1.36. The maximum Gasteiger partial charge on any atom is 0.0707 e. The molecule has 1 aromatic carbocycles. The molecule has 98 valence electrons. The number of morpholine rings is 1. The van der Waals surface area contributed by atoms with Crippen molar-refractivity contribution in [1.82, 2.24) is 10.2 Å². The summed E-state index contributed by atoms with van der Waals surface area (Å²) in [7, 11) is 0. The van der Waals surface area contributed by atoms with Crippen molar-refractivity contribution in [2.24, 2.45) is 0 Å². The lowest BCUT2D eigenvalue weighted by atomic mass is 10.2. The zero-order chi connectivity index (χ0) is 12.2. The first-order valence-corrected chi connectivity index (χ1v) is 7.02. The summed E-state index contributed by atoms with van der Waals surface area (Å²) in [5.74, 6) is 0. The van der Waals surface area contributed by atoms with Gasteiger partial charge in [0.2, 0.25) is 0 Å². The number of nitrogens with one attached hydrogen (secondary N) is 1. The van der Waals surface area contributed by atoms with E-state index in [-0.39, 0.29) is 0 Å². The van der Waals surface area contributed by atoms with E-state index in [1.165, 1.54) is 18.4 Å². The molecule has 2 saturated heterocycles. The summed E-state index contributed by atoms with van der Waals surface area (Å²) >= 11 is 0. The Morgan fingerprint density at radius 3 is 2.56 bits per heavy atom. The number of likely N-dealkylation sites (tertiary alicyclic amines) is 1. The predicted molar refractivity (Wildman–Crippen MR) is 72.5 cm³/mol. The largest absolute Gasteiger partial charge is 0.372 e. The highest BCUT2D eigenvalue weighted by atomic mass is 16.5. The van der Waals surface area contributed by atoms with Gasteiger partial charge in [-0.2, -0.15) is 0 Å². The summed E-state index contributed by atoms with van der Waals surface area (Å²) < 4.78 is 5.84. The van der Waals surface area contributed by atoms with E-state index in [9.17, 15) is 0 Å². The zero-order valence-electron chi connectivity index (χ0n) is 10.8. The van der Waals surface area contributed by atoms with Crippen molar-refractivity contribution >= 4 is 0 Å². The van der Waals surface area contributed by atoms with Gasteiger partial charge >= 0.3 is 0 Å². The smallest absolute Gasteiger partial charge is 0.0707 e. The summed E-state index contributed by atoms with van der Waals surface area (Å²) in [6.07, 6.45) is 3.55. The number of rotatable bonds is 5. The van der Waals surface area contributed by atoms with E-state index in [2.05, 4.69) is 40.5 Å². The number of nitrogens with zero attached hydrogens (tertiary/aromatic N) is 1. The van der Waals surface area contributed by atoms with Crippen LogP contribution in [0.4, 0.5) is 0 Å². The Balaban J connectivity index is 1.35. The van der Waals surface area contributed by atoms with E-state index >= 15 is 0 Å². The molecule has 2 aliphatic rings. The number of fused-ring (bicyclic) bond motifs is 2. The predicted octanol–water partition coefficient (Wildman–Crippen LogP) is 1.64.